The monoisotopic (exact) mass is 160 g/mol. The van der Waals surface area contributed by atoms with Crippen LogP contribution in [0, 0.1) is 0 Å². The van der Waals surface area contributed by atoms with Crippen LogP contribution in [-0.2, 0) is 11.1 Å². The maximum atomic E-state index is 10.3. The van der Waals surface area contributed by atoms with E-state index in [-0.39, 0.29) is 0 Å². The third kappa shape index (κ3) is 2.62. The first-order valence-electron chi connectivity index (χ1n) is 3.58. The van der Waals surface area contributed by atoms with Crippen molar-refractivity contribution in [1.29, 1.82) is 0 Å². The van der Waals surface area contributed by atoms with Crippen molar-refractivity contribution in [3.63, 3.8) is 0 Å². The Labute approximate surface area is 63.6 Å². The minimum atomic E-state index is -1.73. The van der Waals surface area contributed by atoms with Crippen molar-refractivity contribution in [2.45, 2.75) is 32.1 Å². The Morgan fingerprint density at radius 3 is 2.40 bits per heavy atom. The van der Waals surface area contributed by atoms with Gasteiger partial charge in [-0.1, -0.05) is 12.0 Å². The van der Waals surface area contributed by atoms with Crippen LogP contribution in [0.3, 0.4) is 0 Å². The molecule has 0 amide bonds. The van der Waals surface area contributed by atoms with Gasteiger partial charge >= 0.3 is 0 Å². The highest BCUT2D eigenvalue weighted by molar-refractivity contribution is 7.82. The molecule has 0 spiro atoms. The largest absolute Gasteiger partial charge is 0.303 e. The number of hydrogen-bond donors (Lipinski definition) is 1. The van der Waals surface area contributed by atoms with Crippen molar-refractivity contribution in [3.8, 4) is 0 Å². The van der Waals surface area contributed by atoms with E-state index >= 15 is 0 Å². The van der Waals surface area contributed by atoms with E-state index in [1.165, 1.54) is 24.7 Å². The van der Waals surface area contributed by atoms with Crippen LogP contribution in [0.5, 0.6) is 0 Å². The van der Waals surface area contributed by atoms with Crippen LogP contribution in [0.1, 0.15) is 32.1 Å². The molecule has 0 saturated heterocycles. The van der Waals surface area contributed by atoms with Crippen LogP contribution in [0.15, 0.2) is 11.0 Å². The average Bonchev–Trinajstić information content (AvgIpc) is 1.88. The van der Waals surface area contributed by atoms with Gasteiger partial charge in [-0.3, -0.25) is 0 Å². The Morgan fingerprint density at radius 2 is 1.90 bits per heavy atom. The lowest BCUT2D eigenvalue weighted by molar-refractivity contribution is 0.569. The molecule has 0 aromatic rings. The molecular formula is C7H12O2S. The minimum Gasteiger partial charge on any atom is -0.303 e. The fraction of sp³-hybridized carbons (Fsp3) is 0.714. The summed E-state index contributed by atoms with van der Waals surface area (Å²) in [7, 11) is 0. The standard InChI is InChI=1S/C7H12O2S/c8-10(9)6-7-4-2-1-3-5-7/h6H,1-5H2,(H,8,9). The van der Waals surface area contributed by atoms with E-state index in [0.717, 1.165) is 18.4 Å². The van der Waals surface area contributed by atoms with Crippen molar-refractivity contribution >= 4 is 11.1 Å². The maximum absolute atomic E-state index is 10.3. The summed E-state index contributed by atoms with van der Waals surface area (Å²) in [5, 5.41) is 1.47. The molecular weight excluding hydrogens is 148 g/mol. The summed E-state index contributed by atoms with van der Waals surface area (Å²) in [6.07, 6.45) is 5.68. The van der Waals surface area contributed by atoms with E-state index < -0.39 is 11.1 Å². The quantitative estimate of drug-likeness (QED) is 0.596. The molecule has 58 valence electrons. The minimum absolute atomic E-state index is 1.02. The van der Waals surface area contributed by atoms with Crippen molar-refractivity contribution < 1.29 is 8.76 Å². The topological polar surface area (TPSA) is 37.3 Å². The third-order valence-corrected chi connectivity index (χ3v) is 2.30. The fourth-order valence-electron chi connectivity index (χ4n) is 1.27. The highest BCUT2D eigenvalue weighted by Crippen LogP contribution is 2.22. The van der Waals surface area contributed by atoms with E-state index in [0.29, 0.717) is 0 Å². The molecule has 1 aliphatic rings. The zero-order valence-electron chi connectivity index (χ0n) is 5.88. The second-order valence-electron chi connectivity index (χ2n) is 2.61. The highest BCUT2D eigenvalue weighted by atomic mass is 32.2. The van der Waals surface area contributed by atoms with Gasteiger partial charge in [-0.15, -0.1) is 0 Å². The van der Waals surface area contributed by atoms with Crippen LogP contribution in [0.25, 0.3) is 0 Å². The lowest BCUT2D eigenvalue weighted by atomic mass is 9.96. The first-order chi connectivity index (χ1) is 4.79. The number of rotatable bonds is 1. The first-order valence-corrected chi connectivity index (χ1v) is 4.75. The molecule has 3 heteroatoms. The van der Waals surface area contributed by atoms with Crippen LogP contribution in [-0.4, -0.2) is 8.76 Å². The van der Waals surface area contributed by atoms with E-state index in [1.807, 2.05) is 0 Å². The molecule has 1 unspecified atom stereocenters. The van der Waals surface area contributed by atoms with Gasteiger partial charge in [-0.05, 0) is 25.7 Å². The maximum Gasteiger partial charge on any atom is 0.178 e. The van der Waals surface area contributed by atoms with Crippen molar-refractivity contribution in [2.24, 2.45) is 0 Å². The second-order valence-corrected chi connectivity index (χ2v) is 3.40. The lowest BCUT2D eigenvalue weighted by Gasteiger charge is -2.11. The molecule has 0 heterocycles. The molecule has 1 aliphatic carbocycles. The molecule has 1 saturated carbocycles. The van der Waals surface area contributed by atoms with Gasteiger partial charge in [0.1, 0.15) is 0 Å². The van der Waals surface area contributed by atoms with Crippen LogP contribution >= 0.6 is 0 Å². The van der Waals surface area contributed by atoms with Crippen LogP contribution in [0.2, 0.25) is 0 Å². The predicted octanol–water partition coefficient (Wildman–Crippen LogP) is 2.06. The van der Waals surface area contributed by atoms with E-state index in [2.05, 4.69) is 0 Å². The van der Waals surface area contributed by atoms with Gasteiger partial charge in [-0.25, -0.2) is 4.21 Å². The van der Waals surface area contributed by atoms with E-state index in [1.54, 1.807) is 0 Å². The van der Waals surface area contributed by atoms with Gasteiger partial charge in [0.25, 0.3) is 0 Å². The van der Waals surface area contributed by atoms with Crippen LogP contribution in [0.4, 0.5) is 0 Å². The molecule has 0 aromatic heterocycles. The Morgan fingerprint density at radius 1 is 1.30 bits per heavy atom. The summed E-state index contributed by atoms with van der Waals surface area (Å²) < 4.78 is 18.8. The smallest absolute Gasteiger partial charge is 0.178 e. The SMILES string of the molecule is O=S(O)C=C1CCCCC1. The van der Waals surface area contributed by atoms with Gasteiger partial charge in [0, 0.05) is 5.41 Å². The summed E-state index contributed by atoms with van der Waals surface area (Å²) in [4.78, 5) is 0. The molecule has 2 nitrogen and oxygen atoms in total. The van der Waals surface area contributed by atoms with Gasteiger partial charge in [0.15, 0.2) is 11.1 Å². The summed E-state index contributed by atoms with van der Waals surface area (Å²) in [6, 6.07) is 0. The first kappa shape index (κ1) is 7.95. The van der Waals surface area contributed by atoms with Gasteiger partial charge < -0.3 is 4.55 Å². The van der Waals surface area contributed by atoms with Crippen molar-refractivity contribution in [3.05, 3.63) is 11.0 Å². The van der Waals surface area contributed by atoms with E-state index in [4.69, 9.17) is 4.55 Å². The van der Waals surface area contributed by atoms with Crippen LogP contribution < -0.4 is 0 Å². The van der Waals surface area contributed by atoms with Crippen molar-refractivity contribution in [2.75, 3.05) is 0 Å². The van der Waals surface area contributed by atoms with Gasteiger partial charge in [0.2, 0.25) is 0 Å². The Balaban J connectivity index is 2.45. The Hall–Kier alpha value is -0.150. The summed E-state index contributed by atoms with van der Waals surface area (Å²) in [5.74, 6) is 0. The molecule has 0 aromatic carbocycles. The zero-order valence-corrected chi connectivity index (χ0v) is 6.69. The van der Waals surface area contributed by atoms with Gasteiger partial charge in [-0.2, -0.15) is 0 Å². The Bertz CT molecular complexity index is 155. The fourth-order valence-corrected chi connectivity index (χ4v) is 1.79. The molecule has 10 heavy (non-hydrogen) atoms. The van der Waals surface area contributed by atoms with Crippen molar-refractivity contribution in [1.82, 2.24) is 0 Å². The molecule has 1 atom stereocenters. The molecule has 1 fully saturated rings. The highest BCUT2D eigenvalue weighted by Gasteiger charge is 2.05. The normalized spacial score (nSPS) is 22.3. The third-order valence-electron chi connectivity index (χ3n) is 1.76. The van der Waals surface area contributed by atoms with E-state index in [9.17, 15) is 4.21 Å². The average molecular weight is 160 g/mol. The second kappa shape index (κ2) is 3.88. The molecule has 0 aliphatic heterocycles. The molecule has 0 bridgehead atoms. The number of allylic oxidation sites excluding steroid dienone is 1. The molecule has 1 N–H and O–H groups in total. The molecule has 1 rings (SSSR count). The zero-order chi connectivity index (χ0) is 7.40. The predicted molar refractivity (Wildman–Crippen MR) is 41.9 cm³/mol. The summed E-state index contributed by atoms with van der Waals surface area (Å²) in [5.41, 5.74) is 1.16. The summed E-state index contributed by atoms with van der Waals surface area (Å²) >= 11 is -1.73. The summed E-state index contributed by atoms with van der Waals surface area (Å²) in [6.45, 7) is 0. The Kier molecular flexibility index (Phi) is 3.09. The lowest BCUT2D eigenvalue weighted by Crippen LogP contribution is -1.94. The molecule has 0 radical (unpaired) electrons. The van der Waals surface area contributed by atoms with Gasteiger partial charge in [0.05, 0.1) is 0 Å². The number of hydrogen-bond acceptors (Lipinski definition) is 1.